The van der Waals surface area contributed by atoms with Gasteiger partial charge in [0.25, 0.3) is 5.56 Å². The third-order valence-electron chi connectivity index (χ3n) is 6.66. The summed E-state index contributed by atoms with van der Waals surface area (Å²) in [5, 5.41) is 19.0. The average Bonchev–Trinajstić information content (AvgIpc) is 3.39. The lowest BCUT2D eigenvalue weighted by molar-refractivity contribution is 0.768. The van der Waals surface area contributed by atoms with E-state index in [9.17, 15) is 10.1 Å². The number of anilines is 1. The molecule has 0 aliphatic rings. The Hall–Kier alpha value is -5.29. The van der Waals surface area contributed by atoms with Crippen LogP contribution in [0.5, 0.6) is 0 Å². The van der Waals surface area contributed by atoms with Crippen LogP contribution in [-0.4, -0.2) is 24.3 Å². The highest BCUT2D eigenvalue weighted by Crippen LogP contribution is 2.32. The number of fused-ring (bicyclic) bond motifs is 2. The van der Waals surface area contributed by atoms with Gasteiger partial charge >= 0.3 is 0 Å². The van der Waals surface area contributed by atoms with E-state index in [-0.39, 0.29) is 11.6 Å². The molecule has 0 radical (unpaired) electrons. The highest BCUT2D eigenvalue weighted by atomic mass is 16.1. The van der Waals surface area contributed by atoms with Gasteiger partial charge < -0.3 is 5.32 Å². The second-order valence-electron chi connectivity index (χ2n) is 9.11. The van der Waals surface area contributed by atoms with E-state index in [1.165, 1.54) is 0 Å². The molecule has 0 aliphatic heterocycles. The predicted molar refractivity (Wildman–Crippen MR) is 148 cm³/mol. The van der Waals surface area contributed by atoms with Crippen molar-refractivity contribution in [1.29, 1.82) is 5.26 Å². The number of rotatable bonds is 5. The van der Waals surface area contributed by atoms with Gasteiger partial charge in [0.2, 0.25) is 0 Å². The van der Waals surface area contributed by atoms with E-state index in [2.05, 4.69) is 26.5 Å². The fourth-order valence-corrected chi connectivity index (χ4v) is 4.89. The Morgan fingerprint density at radius 3 is 2.61 bits per heavy atom. The second kappa shape index (κ2) is 9.30. The smallest absolute Gasteiger partial charge is 0.263 e. The van der Waals surface area contributed by atoms with Crippen molar-refractivity contribution in [2.75, 3.05) is 5.32 Å². The zero-order chi connectivity index (χ0) is 26.2. The maximum atomic E-state index is 14.3. The Kier molecular flexibility index (Phi) is 5.66. The van der Waals surface area contributed by atoms with Crippen molar-refractivity contribution in [2.24, 2.45) is 7.05 Å². The normalized spacial score (nSPS) is 11.9. The van der Waals surface area contributed by atoms with E-state index in [4.69, 9.17) is 0 Å². The minimum atomic E-state index is -0.353. The number of pyridine rings is 3. The van der Waals surface area contributed by atoms with Crippen molar-refractivity contribution in [3.05, 3.63) is 113 Å². The molecule has 0 aliphatic carbocycles. The maximum Gasteiger partial charge on any atom is 0.263 e. The molecule has 0 spiro atoms. The molecule has 1 N–H and O–H groups in total. The number of hydrogen-bond acceptors (Lipinski definition) is 6. The highest BCUT2D eigenvalue weighted by Gasteiger charge is 2.21. The molecule has 8 nitrogen and oxygen atoms in total. The molecule has 6 aromatic rings. The molecule has 1 atom stereocenters. The lowest BCUT2D eigenvalue weighted by atomic mass is 9.99. The Morgan fingerprint density at radius 2 is 1.84 bits per heavy atom. The molecular formula is C30H23N7O. The van der Waals surface area contributed by atoms with Crippen molar-refractivity contribution in [3.63, 3.8) is 0 Å². The van der Waals surface area contributed by atoms with Crippen LogP contribution in [-0.2, 0) is 7.05 Å². The van der Waals surface area contributed by atoms with Crippen molar-refractivity contribution in [1.82, 2.24) is 24.3 Å². The quantitative estimate of drug-likeness (QED) is 0.343. The molecule has 184 valence electrons. The average molecular weight is 498 g/mol. The summed E-state index contributed by atoms with van der Waals surface area (Å²) in [5.41, 5.74) is 5.33. The van der Waals surface area contributed by atoms with Crippen LogP contribution in [0.2, 0.25) is 0 Å². The molecule has 1 unspecified atom stereocenters. The van der Waals surface area contributed by atoms with E-state index in [1.54, 1.807) is 27.8 Å². The summed E-state index contributed by atoms with van der Waals surface area (Å²) in [6, 6.07) is 23.0. The van der Waals surface area contributed by atoms with Crippen LogP contribution < -0.4 is 10.9 Å². The van der Waals surface area contributed by atoms with E-state index in [1.807, 2.05) is 86.9 Å². The minimum absolute atomic E-state index is 0.130. The zero-order valence-electron chi connectivity index (χ0n) is 20.8. The first kappa shape index (κ1) is 23.1. The number of nitriles is 1. The van der Waals surface area contributed by atoms with Crippen LogP contribution in [0.3, 0.4) is 0 Å². The molecule has 8 heteroatoms. The highest BCUT2D eigenvalue weighted by molar-refractivity contribution is 5.96. The summed E-state index contributed by atoms with van der Waals surface area (Å²) in [7, 11) is 1.86. The van der Waals surface area contributed by atoms with Crippen LogP contribution in [0.4, 0.5) is 5.69 Å². The van der Waals surface area contributed by atoms with Gasteiger partial charge in [-0.3, -0.25) is 24.0 Å². The third kappa shape index (κ3) is 3.87. The fourth-order valence-electron chi connectivity index (χ4n) is 4.89. The van der Waals surface area contributed by atoms with E-state index in [0.29, 0.717) is 27.7 Å². The molecule has 2 aromatic carbocycles. The van der Waals surface area contributed by atoms with Gasteiger partial charge in [0.1, 0.15) is 11.6 Å². The molecule has 6 rings (SSSR count). The number of benzene rings is 2. The van der Waals surface area contributed by atoms with Crippen LogP contribution in [0.1, 0.15) is 24.2 Å². The van der Waals surface area contributed by atoms with Crippen molar-refractivity contribution < 1.29 is 0 Å². The Morgan fingerprint density at radius 1 is 1.00 bits per heavy atom. The van der Waals surface area contributed by atoms with Gasteiger partial charge in [0.15, 0.2) is 0 Å². The van der Waals surface area contributed by atoms with Gasteiger partial charge in [-0.1, -0.05) is 36.4 Å². The van der Waals surface area contributed by atoms with Gasteiger partial charge in [0, 0.05) is 42.6 Å². The molecular weight excluding hydrogens is 474 g/mol. The first-order valence-electron chi connectivity index (χ1n) is 12.2. The molecule has 0 fully saturated rings. The number of nitrogens with zero attached hydrogens (tertiary/aromatic N) is 6. The van der Waals surface area contributed by atoms with Gasteiger partial charge in [-0.15, -0.1) is 0 Å². The first-order chi connectivity index (χ1) is 18.5. The fraction of sp³-hybridized carbons (Fsp3) is 0.100. The monoisotopic (exact) mass is 497 g/mol. The summed E-state index contributed by atoms with van der Waals surface area (Å²) < 4.78 is 3.47. The first-order valence-corrected chi connectivity index (χ1v) is 12.2. The Labute approximate surface area is 218 Å². The molecule has 4 aromatic heterocycles. The predicted octanol–water partition coefficient (Wildman–Crippen LogP) is 5.38. The van der Waals surface area contributed by atoms with Crippen molar-refractivity contribution >= 4 is 27.5 Å². The van der Waals surface area contributed by atoms with Crippen LogP contribution >= 0.6 is 0 Å². The van der Waals surface area contributed by atoms with Crippen LogP contribution in [0.25, 0.3) is 38.6 Å². The minimum Gasteiger partial charge on any atom is -0.374 e. The molecule has 0 bridgehead atoms. The molecule has 0 saturated heterocycles. The lowest BCUT2D eigenvalue weighted by Gasteiger charge is -2.23. The molecule has 0 amide bonds. The van der Waals surface area contributed by atoms with Crippen molar-refractivity contribution in [2.45, 2.75) is 13.0 Å². The van der Waals surface area contributed by atoms with Crippen LogP contribution in [0, 0.1) is 11.3 Å². The lowest BCUT2D eigenvalue weighted by Crippen LogP contribution is -2.26. The second-order valence-corrected chi connectivity index (χ2v) is 9.11. The van der Waals surface area contributed by atoms with E-state index >= 15 is 0 Å². The molecule has 38 heavy (non-hydrogen) atoms. The van der Waals surface area contributed by atoms with Crippen molar-refractivity contribution in [3.8, 4) is 22.9 Å². The molecule has 4 heterocycles. The molecule has 0 saturated carbocycles. The number of aromatic nitrogens is 5. The maximum absolute atomic E-state index is 14.3. The number of aryl methyl sites for hydroxylation is 1. The summed E-state index contributed by atoms with van der Waals surface area (Å²) in [5.74, 6) is 0. The van der Waals surface area contributed by atoms with Gasteiger partial charge in [0.05, 0.1) is 34.4 Å². The zero-order valence-corrected chi connectivity index (χ0v) is 20.8. The topological polar surface area (TPSA) is 101 Å². The van der Waals surface area contributed by atoms with Gasteiger partial charge in [-0.05, 0) is 48.2 Å². The SMILES string of the molecule is CC(Nc1c(C#N)cnc2cccnc12)c1cc2cccc(-c3cnn(C)c3)c2c(=O)n1-c1ccccc1. The van der Waals surface area contributed by atoms with E-state index < -0.39 is 0 Å². The Bertz CT molecular complexity index is 1920. The summed E-state index contributed by atoms with van der Waals surface area (Å²) in [4.78, 5) is 23.1. The number of para-hydroxylation sites is 1. The number of nitrogens with one attached hydrogen (secondary N) is 1. The largest absolute Gasteiger partial charge is 0.374 e. The standard InChI is InChI=1S/C30H23N7O/c1-19(35-28-21(15-31)16-33-25-12-7-13-32-29(25)28)26-14-20-8-6-11-24(22-17-34-36(2)18-22)27(20)30(38)37(26)23-9-4-3-5-10-23/h3-14,16-19H,1-2H3,(H,33,35). The van der Waals surface area contributed by atoms with Crippen LogP contribution in [0.15, 0.2) is 96.3 Å². The summed E-state index contributed by atoms with van der Waals surface area (Å²) >= 11 is 0. The summed E-state index contributed by atoms with van der Waals surface area (Å²) in [6.07, 6.45) is 6.90. The van der Waals surface area contributed by atoms with E-state index in [0.717, 1.165) is 27.9 Å². The Balaban J connectivity index is 1.59. The van der Waals surface area contributed by atoms with Gasteiger partial charge in [-0.25, -0.2) is 0 Å². The number of hydrogen-bond donors (Lipinski definition) is 1. The summed E-state index contributed by atoms with van der Waals surface area (Å²) in [6.45, 7) is 1.97. The van der Waals surface area contributed by atoms with Gasteiger partial charge in [-0.2, -0.15) is 10.4 Å². The third-order valence-corrected chi connectivity index (χ3v) is 6.66.